The maximum Gasteiger partial charge on any atom is 0.309 e. The lowest BCUT2D eigenvalue weighted by atomic mass is 9.69. The molecule has 4 unspecified atom stereocenters. The van der Waals surface area contributed by atoms with Crippen molar-refractivity contribution in [1.29, 1.82) is 0 Å². The van der Waals surface area contributed by atoms with Gasteiger partial charge in [-0.15, -0.1) is 0 Å². The summed E-state index contributed by atoms with van der Waals surface area (Å²) in [6, 6.07) is 0. The quantitative estimate of drug-likeness (QED) is 0.688. The Morgan fingerprint density at radius 1 is 1.20 bits per heavy atom. The number of allylic oxidation sites excluding steroid dienone is 6. The van der Waals surface area contributed by atoms with Gasteiger partial charge in [0.25, 0.3) is 0 Å². The van der Waals surface area contributed by atoms with Crippen molar-refractivity contribution in [3.8, 4) is 0 Å². The van der Waals surface area contributed by atoms with E-state index in [2.05, 4.69) is 23.1 Å². The molecule has 1 saturated heterocycles. The topological polar surface area (TPSA) is 41.9 Å². The second-order valence-electron chi connectivity index (χ2n) is 8.03. The molecule has 0 bridgehead atoms. The number of rotatable bonds is 1. The largest absolute Gasteiger partial charge is 0.469 e. The van der Waals surface area contributed by atoms with Gasteiger partial charge in [-0.3, -0.25) is 9.79 Å². The molecule has 0 aromatic carbocycles. The van der Waals surface area contributed by atoms with Crippen LogP contribution in [-0.2, 0) is 9.53 Å². The van der Waals surface area contributed by atoms with E-state index < -0.39 is 0 Å². The molecular formula is C21H26N2O2. The Balaban J connectivity index is 1.58. The number of nitrogens with zero attached hydrogens (tertiary/aromatic N) is 2. The Bertz CT molecular complexity index is 730. The number of carbonyl (C=O) groups is 1. The summed E-state index contributed by atoms with van der Waals surface area (Å²) in [4.78, 5) is 20.0. The first kappa shape index (κ1) is 15.4. The number of hydrogen-bond acceptors (Lipinski definition) is 4. The van der Waals surface area contributed by atoms with Gasteiger partial charge in [0.2, 0.25) is 0 Å². The standard InChI is InChI=1S/C21H26N2O2/c1-25-21(24)17-7-4-6-16-13(17)9-11-23-12-10-15-14-5-2-3-8-18(14)22-19(15)20(16)23/h2-3,8,13-15,17H,4-7,9-12H2,1H3. The van der Waals surface area contributed by atoms with E-state index in [9.17, 15) is 4.79 Å². The highest BCUT2D eigenvalue weighted by Crippen LogP contribution is 2.49. The van der Waals surface area contributed by atoms with E-state index >= 15 is 0 Å². The number of esters is 1. The molecule has 132 valence electrons. The molecule has 0 spiro atoms. The van der Waals surface area contributed by atoms with Gasteiger partial charge >= 0.3 is 5.97 Å². The Labute approximate surface area is 149 Å². The minimum Gasteiger partial charge on any atom is -0.469 e. The fraction of sp³-hybridized carbons (Fsp3) is 0.619. The number of fused-ring (bicyclic) bond motifs is 6. The van der Waals surface area contributed by atoms with E-state index in [0.29, 0.717) is 17.8 Å². The van der Waals surface area contributed by atoms with E-state index in [1.165, 1.54) is 36.2 Å². The number of methoxy groups -OCH3 is 1. The maximum atomic E-state index is 12.3. The fourth-order valence-corrected chi connectivity index (χ4v) is 5.81. The first-order chi connectivity index (χ1) is 12.3. The number of carbonyl (C=O) groups excluding carboxylic acids is 1. The smallest absolute Gasteiger partial charge is 0.309 e. The summed E-state index contributed by atoms with van der Waals surface area (Å²) >= 11 is 0. The zero-order valence-electron chi connectivity index (χ0n) is 14.9. The van der Waals surface area contributed by atoms with Crippen molar-refractivity contribution in [3.05, 3.63) is 35.2 Å². The molecule has 4 nitrogen and oxygen atoms in total. The van der Waals surface area contributed by atoms with Gasteiger partial charge in [0.05, 0.1) is 24.4 Å². The molecule has 3 aliphatic heterocycles. The lowest BCUT2D eigenvalue weighted by molar-refractivity contribution is -0.148. The molecule has 0 radical (unpaired) electrons. The van der Waals surface area contributed by atoms with Crippen LogP contribution in [0.25, 0.3) is 0 Å². The summed E-state index contributed by atoms with van der Waals surface area (Å²) in [7, 11) is 1.53. The molecule has 5 rings (SSSR count). The molecule has 2 aliphatic carbocycles. The van der Waals surface area contributed by atoms with Crippen molar-refractivity contribution in [2.75, 3.05) is 20.2 Å². The summed E-state index contributed by atoms with van der Waals surface area (Å²) in [5.41, 5.74) is 5.52. The van der Waals surface area contributed by atoms with Gasteiger partial charge in [-0.25, -0.2) is 0 Å². The number of aliphatic imine (C=N–C) groups is 1. The van der Waals surface area contributed by atoms with E-state index in [-0.39, 0.29) is 11.9 Å². The van der Waals surface area contributed by atoms with Crippen LogP contribution in [0.4, 0.5) is 0 Å². The van der Waals surface area contributed by atoms with Gasteiger partial charge in [0.1, 0.15) is 0 Å². The molecule has 0 aromatic rings. The highest BCUT2D eigenvalue weighted by atomic mass is 16.5. The monoisotopic (exact) mass is 338 g/mol. The van der Waals surface area contributed by atoms with Crippen molar-refractivity contribution >= 4 is 11.7 Å². The van der Waals surface area contributed by atoms with Crippen molar-refractivity contribution in [2.24, 2.45) is 28.7 Å². The summed E-state index contributed by atoms with van der Waals surface area (Å²) in [5.74, 6) is 1.55. The van der Waals surface area contributed by atoms with Gasteiger partial charge in [0, 0.05) is 30.6 Å². The molecule has 0 aromatic heterocycles. The average Bonchev–Trinajstić information content (AvgIpc) is 3.05. The highest BCUT2D eigenvalue weighted by molar-refractivity contribution is 6.05. The predicted molar refractivity (Wildman–Crippen MR) is 96.9 cm³/mol. The number of hydrogen-bond donors (Lipinski definition) is 0. The summed E-state index contributed by atoms with van der Waals surface area (Å²) in [6.07, 6.45) is 13.3. The van der Waals surface area contributed by atoms with Crippen LogP contribution in [0.3, 0.4) is 0 Å². The van der Waals surface area contributed by atoms with Crippen LogP contribution in [0, 0.1) is 23.7 Å². The van der Waals surface area contributed by atoms with Crippen LogP contribution >= 0.6 is 0 Å². The second kappa shape index (κ2) is 5.86. The SMILES string of the molecule is COC(=O)C1CCCC2=C3C4=NC5=CC=CCC5C4CCN3CCC21. The second-order valence-corrected chi connectivity index (χ2v) is 8.03. The van der Waals surface area contributed by atoms with E-state index in [1.807, 2.05) is 0 Å². The van der Waals surface area contributed by atoms with E-state index in [4.69, 9.17) is 9.73 Å². The Hall–Kier alpha value is -1.84. The molecule has 5 aliphatic rings. The third-order valence-electron chi connectivity index (χ3n) is 6.94. The Kier molecular flexibility index (Phi) is 3.61. The first-order valence-corrected chi connectivity index (χ1v) is 9.79. The fourth-order valence-electron chi connectivity index (χ4n) is 5.81. The molecular weight excluding hydrogens is 312 g/mol. The highest BCUT2D eigenvalue weighted by Gasteiger charge is 2.46. The Morgan fingerprint density at radius 3 is 2.88 bits per heavy atom. The molecule has 4 atom stereocenters. The van der Waals surface area contributed by atoms with Crippen LogP contribution in [0.5, 0.6) is 0 Å². The molecule has 25 heavy (non-hydrogen) atoms. The van der Waals surface area contributed by atoms with Crippen molar-refractivity contribution < 1.29 is 9.53 Å². The van der Waals surface area contributed by atoms with Crippen LogP contribution in [-0.4, -0.2) is 36.8 Å². The minimum atomic E-state index is -0.0162. The molecule has 0 amide bonds. The van der Waals surface area contributed by atoms with Gasteiger partial charge in [-0.1, -0.05) is 12.2 Å². The van der Waals surface area contributed by atoms with Crippen molar-refractivity contribution in [3.63, 3.8) is 0 Å². The third kappa shape index (κ3) is 2.26. The van der Waals surface area contributed by atoms with E-state index in [1.54, 1.807) is 0 Å². The lowest BCUT2D eigenvalue weighted by Gasteiger charge is -2.46. The van der Waals surface area contributed by atoms with Gasteiger partial charge in [-0.05, 0) is 56.1 Å². The molecule has 2 fully saturated rings. The first-order valence-electron chi connectivity index (χ1n) is 9.79. The van der Waals surface area contributed by atoms with Gasteiger partial charge < -0.3 is 9.64 Å². The third-order valence-corrected chi connectivity index (χ3v) is 6.94. The zero-order chi connectivity index (χ0) is 17.0. The number of piperidine rings is 1. The number of ether oxygens (including phenoxy) is 1. The van der Waals surface area contributed by atoms with Crippen LogP contribution in [0.1, 0.15) is 38.5 Å². The molecule has 0 N–H and O–H groups in total. The van der Waals surface area contributed by atoms with Crippen LogP contribution < -0.4 is 0 Å². The Morgan fingerprint density at radius 2 is 2.04 bits per heavy atom. The van der Waals surface area contributed by atoms with Crippen LogP contribution in [0.2, 0.25) is 0 Å². The summed E-state index contributed by atoms with van der Waals surface area (Å²) in [6.45, 7) is 2.20. The van der Waals surface area contributed by atoms with Crippen molar-refractivity contribution in [2.45, 2.75) is 38.5 Å². The maximum absolute atomic E-state index is 12.3. The van der Waals surface area contributed by atoms with Crippen molar-refractivity contribution in [1.82, 2.24) is 4.90 Å². The van der Waals surface area contributed by atoms with Gasteiger partial charge in [0.15, 0.2) is 0 Å². The zero-order valence-corrected chi connectivity index (χ0v) is 14.9. The summed E-state index contributed by atoms with van der Waals surface area (Å²) < 4.78 is 5.12. The van der Waals surface area contributed by atoms with Crippen LogP contribution in [0.15, 0.2) is 40.2 Å². The normalized spacial score (nSPS) is 36.0. The predicted octanol–water partition coefficient (Wildman–Crippen LogP) is 3.47. The van der Waals surface area contributed by atoms with E-state index in [0.717, 1.165) is 45.2 Å². The van der Waals surface area contributed by atoms with Gasteiger partial charge in [-0.2, -0.15) is 0 Å². The lowest BCUT2D eigenvalue weighted by Crippen LogP contribution is -2.46. The summed E-state index contributed by atoms with van der Waals surface area (Å²) in [5, 5.41) is 0. The molecule has 4 heteroatoms. The molecule has 1 saturated carbocycles. The average molecular weight is 338 g/mol. The minimum absolute atomic E-state index is 0.0162. The molecule has 3 heterocycles.